The summed E-state index contributed by atoms with van der Waals surface area (Å²) in [7, 11) is 0. The highest BCUT2D eigenvalue weighted by molar-refractivity contribution is 5.89. The molecule has 1 N–H and O–H groups in total. The van der Waals surface area contributed by atoms with Crippen LogP contribution in [0.5, 0.6) is 5.75 Å². The number of nitrogens with zero attached hydrogens (tertiary/aromatic N) is 1. The van der Waals surface area contributed by atoms with Crippen molar-refractivity contribution < 1.29 is 9.53 Å². The van der Waals surface area contributed by atoms with Gasteiger partial charge in [0, 0.05) is 18.5 Å². The molecule has 1 heterocycles. The van der Waals surface area contributed by atoms with E-state index in [1.54, 1.807) is 0 Å². The zero-order valence-corrected chi connectivity index (χ0v) is 18.3. The molecule has 31 heavy (non-hydrogen) atoms. The molecular weight excluding hydrogens is 384 g/mol. The van der Waals surface area contributed by atoms with E-state index in [2.05, 4.69) is 46.6 Å². The number of benzene rings is 3. The molecule has 0 spiro atoms. The molecule has 4 heteroatoms. The van der Waals surface area contributed by atoms with Crippen molar-refractivity contribution in [3.05, 3.63) is 77.9 Å². The van der Waals surface area contributed by atoms with Gasteiger partial charge in [0.15, 0.2) is 6.10 Å². The van der Waals surface area contributed by atoms with Gasteiger partial charge in [-0.1, -0.05) is 74.0 Å². The highest BCUT2D eigenvalue weighted by Crippen LogP contribution is 2.26. The molecule has 1 amide bonds. The summed E-state index contributed by atoms with van der Waals surface area (Å²) in [4.78, 5) is 15.3. The highest BCUT2D eigenvalue weighted by Gasteiger charge is 2.19. The van der Waals surface area contributed by atoms with Gasteiger partial charge >= 0.3 is 0 Å². The van der Waals surface area contributed by atoms with Gasteiger partial charge in [0.1, 0.15) is 5.75 Å². The Bertz CT molecular complexity index is 988. The topological polar surface area (TPSA) is 41.6 Å². The molecule has 0 radical (unpaired) electrons. The molecular formula is C27H32N2O2. The minimum absolute atomic E-state index is 0.0761. The quantitative estimate of drug-likeness (QED) is 0.542. The molecule has 4 nitrogen and oxygen atoms in total. The lowest BCUT2D eigenvalue weighted by molar-refractivity contribution is -0.128. The Hall–Kier alpha value is -2.85. The largest absolute Gasteiger partial charge is 0.480 e. The van der Waals surface area contributed by atoms with E-state index in [1.807, 2.05) is 37.3 Å². The van der Waals surface area contributed by atoms with Gasteiger partial charge in [0.05, 0.1) is 0 Å². The summed E-state index contributed by atoms with van der Waals surface area (Å²) in [6.07, 6.45) is 4.08. The molecule has 0 unspecified atom stereocenters. The summed E-state index contributed by atoms with van der Waals surface area (Å²) in [5, 5.41) is 5.18. The van der Waals surface area contributed by atoms with Crippen LogP contribution in [0.25, 0.3) is 10.8 Å². The summed E-state index contributed by atoms with van der Waals surface area (Å²) in [5.74, 6) is 0.676. The van der Waals surface area contributed by atoms with Crippen molar-refractivity contribution in [3.8, 4) is 5.75 Å². The van der Waals surface area contributed by atoms with E-state index < -0.39 is 6.10 Å². The van der Waals surface area contributed by atoms with Gasteiger partial charge in [-0.3, -0.25) is 9.69 Å². The summed E-state index contributed by atoms with van der Waals surface area (Å²) in [5.41, 5.74) is 2.44. The molecule has 0 saturated carbocycles. The molecule has 4 rings (SSSR count). The van der Waals surface area contributed by atoms with E-state index in [1.165, 1.54) is 37.9 Å². The number of fused-ring (bicyclic) bond motifs is 1. The molecule has 162 valence electrons. The number of hydrogen-bond donors (Lipinski definition) is 1. The predicted octanol–water partition coefficient (Wildman–Crippen LogP) is 5.30. The number of carbonyl (C=O) groups is 1. The third kappa shape index (κ3) is 5.65. The van der Waals surface area contributed by atoms with Crippen LogP contribution in [-0.2, 0) is 17.9 Å². The summed E-state index contributed by atoms with van der Waals surface area (Å²) in [6.45, 7) is 5.91. The Labute approximate surface area is 185 Å². The van der Waals surface area contributed by atoms with Crippen LogP contribution in [0, 0.1) is 0 Å². The van der Waals surface area contributed by atoms with Crippen LogP contribution in [0.3, 0.4) is 0 Å². The number of piperidine rings is 1. The van der Waals surface area contributed by atoms with Crippen molar-refractivity contribution in [2.75, 3.05) is 13.1 Å². The Morgan fingerprint density at radius 1 is 0.935 bits per heavy atom. The van der Waals surface area contributed by atoms with Crippen molar-refractivity contribution >= 4 is 16.7 Å². The molecule has 1 aliphatic rings. The van der Waals surface area contributed by atoms with Gasteiger partial charge in [-0.15, -0.1) is 0 Å². The van der Waals surface area contributed by atoms with Gasteiger partial charge in [0.2, 0.25) is 0 Å². The zero-order chi connectivity index (χ0) is 21.5. The molecule has 1 atom stereocenters. The SMILES string of the molecule is CC[C@@H](Oc1cccc2ccccc12)C(=O)NCc1ccc(CN2CCCCC2)cc1. The summed E-state index contributed by atoms with van der Waals surface area (Å²) in [6, 6.07) is 22.6. The lowest BCUT2D eigenvalue weighted by atomic mass is 10.1. The van der Waals surface area contributed by atoms with Crippen molar-refractivity contribution in [2.45, 2.75) is 51.8 Å². The lowest BCUT2D eigenvalue weighted by Gasteiger charge is -2.26. The Morgan fingerprint density at radius 2 is 1.65 bits per heavy atom. The van der Waals surface area contributed by atoms with Gasteiger partial charge in [-0.05, 0) is 54.9 Å². The molecule has 1 saturated heterocycles. The van der Waals surface area contributed by atoms with Crippen LogP contribution >= 0.6 is 0 Å². The number of carbonyl (C=O) groups excluding carboxylic acids is 1. The van der Waals surface area contributed by atoms with Crippen LogP contribution in [0.15, 0.2) is 66.7 Å². The van der Waals surface area contributed by atoms with E-state index in [-0.39, 0.29) is 5.91 Å². The van der Waals surface area contributed by atoms with Crippen LogP contribution in [0.4, 0.5) is 0 Å². The number of likely N-dealkylation sites (tertiary alicyclic amines) is 1. The average Bonchev–Trinajstić information content (AvgIpc) is 2.82. The van der Waals surface area contributed by atoms with E-state index in [0.29, 0.717) is 13.0 Å². The third-order valence-electron chi connectivity index (χ3n) is 6.03. The molecule has 3 aromatic rings. The third-order valence-corrected chi connectivity index (χ3v) is 6.03. The Balaban J connectivity index is 1.32. The smallest absolute Gasteiger partial charge is 0.261 e. The molecule has 1 fully saturated rings. The zero-order valence-electron chi connectivity index (χ0n) is 18.3. The van der Waals surface area contributed by atoms with Crippen molar-refractivity contribution in [3.63, 3.8) is 0 Å². The first-order valence-corrected chi connectivity index (χ1v) is 11.5. The van der Waals surface area contributed by atoms with Crippen LogP contribution in [0.1, 0.15) is 43.7 Å². The average molecular weight is 417 g/mol. The lowest BCUT2D eigenvalue weighted by Crippen LogP contribution is -2.37. The number of rotatable bonds is 8. The number of ether oxygens (including phenoxy) is 1. The molecule has 0 aromatic heterocycles. The van der Waals surface area contributed by atoms with Crippen molar-refractivity contribution in [1.29, 1.82) is 0 Å². The van der Waals surface area contributed by atoms with Gasteiger partial charge < -0.3 is 10.1 Å². The normalized spacial score (nSPS) is 15.5. The standard InChI is InChI=1S/C27H32N2O2/c1-2-25(31-26-12-8-10-23-9-4-5-11-24(23)26)27(30)28-19-21-13-15-22(16-14-21)20-29-17-6-3-7-18-29/h4-5,8-16,25H,2-3,6-7,17-20H2,1H3,(H,28,30)/t25-/m1/s1. The second kappa shape index (κ2) is 10.5. The second-order valence-electron chi connectivity index (χ2n) is 8.36. The summed E-state index contributed by atoms with van der Waals surface area (Å²) >= 11 is 0. The maximum absolute atomic E-state index is 12.8. The fraction of sp³-hybridized carbons (Fsp3) is 0.370. The maximum atomic E-state index is 12.8. The van der Waals surface area contributed by atoms with Crippen molar-refractivity contribution in [2.24, 2.45) is 0 Å². The van der Waals surface area contributed by atoms with Crippen LogP contribution in [-0.4, -0.2) is 30.0 Å². The van der Waals surface area contributed by atoms with E-state index in [0.717, 1.165) is 28.6 Å². The summed E-state index contributed by atoms with van der Waals surface area (Å²) < 4.78 is 6.11. The maximum Gasteiger partial charge on any atom is 0.261 e. The van der Waals surface area contributed by atoms with Gasteiger partial charge in [-0.2, -0.15) is 0 Å². The van der Waals surface area contributed by atoms with E-state index in [9.17, 15) is 4.79 Å². The highest BCUT2D eigenvalue weighted by atomic mass is 16.5. The Morgan fingerprint density at radius 3 is 2.42 bits per heavy atom. The fourth-order valence-electron chi connectivity index (χ4n) is 4.22. The number of amides is 1. The number of nitrogens with one attached hydrogen (secondary N) is 1. The molecule has 1 aliphatic heterocycles. The van der Waals surface area contributed by atoms with E-state index >= 15 is 0 Å². The van der Waals surface area contributed by atoms with Gasteiger partial charge in [0.25, 0.3) is 5.91 Å². The fourth-order valence-corrected chi connectivity index (χ4v) is 4.22. The van der Waals surface area contributed by atoms with Crippen molar-refractivity contribution in [1.82, 2.24) is 10.2 Å². The Kier molecular flexibility index (Phi) is 7.21. The minimum atomic E-state index is -0.510. The second-order valence-corrected chi connectivity index (χ2v) is 8.36. The predicted molar refractivity (Wildman–Crippen MR) is 126 cm³/mol. The first kappa shape index (κ1) is 21.4. The molecule has 0 bridgehead atoms. The number of hydrogen-bond acceptors (Lipinski definition) is 3. The first-order valence-electron chi connectivity index (χ1n) is 11.5. The molecule has 0 aliphatic carbocycles. The van der Waals surface area contributed by atoms with E-state index in [4.69, 9.17) is 4.74 Å². The minimum Gasteiger partial charge on any atom is -0.480 e. The van der Waals surface area contributed by atoms with Crippen LogP contribution < -0.4 is 10.1 Å². The molecule has 3 aromatic carbocycles. The van der Waals surface area contributed by atoms with Gasteiger partial charge in [-0.25, -0.2) is 0 Å². The monoisotopic (exact) mass is 416 g/mol. The first-order chi connectivity index (χ1) is 15.2. The van der Waals surface area contributed by atoms with Crippen LogP contribution in [0.2, 0.25) is 0 Å².